The standard InChI is InChI=1S/C44H28O/c1-3-12-29(13-4-1)31-22-24-32(25-23-31)42-34-16-7-9-18-36(34)43(37-19-10-8-17-35(37)42)38-20-11-21-41-44(38)39-28-33(26-27-40(39)45-41)30-14-5-2-6-15-30/h1-28H. The Morgan fingerprint density at radius 3 is 1.40 bits per heavy atom. The van der Waals surface area contributed by atoms with E-state index in [1.165, 1.54) is 66.1 Å². The van der Waals surface area contributed by atoms with Crippen molar-refractivity contribution in [1.29, 1.82) is 0 Å². The van der Waals surface area contributed by atoms with Crippen LogP contribution >= 0.6 is 0 Å². The molecule has 9 rings (SSSR count). The highest BCUT2D eigenvalue weighted by Crippen LogP contribution is 2.47. The average Bonchev–Trinajstić information content (AvgIpc) is 3.50. The SMILES string of the molecule is c1ccc(-c2ccc(-c3c4ccccc4c(-c4cccc5oc6ccc(-c7ccccc7)cc6c45)c4ccccc34)cc2)cc1. The second-order valence-corrected chi connectivity index (χ2v) is 11.6. The van der Waals surface area contributed by atoms with E-state index in [9.17, 15) is 0 Å². The zero-order valence-corrected chi connectivity index (χ0v) is 24.6. The van der Waals surface area contributed by atoms with Crippen LogP contribution in [0.15, 0.2) is 174 Å². The Bertz CT molecular complexity index is 2450. The first-order valence-corrected chi connectivity index (χ1v) is 15.4. The number of hydrogen-bond donors (Lipinski definition) is 0. The van der Waals surface area contributed by atoms with Gasteiger partial charge in [0.1, 0.15) is 11.2 Å². The topological polar surface area (TPSA) is 13.1 Å². The molecule has 0 aliphatic rings. The maximum atomic E-state index is 6.47. The van der Waals surface area contributed by atoms with Gasteiger partial charge in [-0.3, -0.25) is 0 Å². The molecule has 0 saturated carbocycles. The van der Waals surface area contributed by atoms with Gasteiger partial charge in [-0.15, -0.1) is 0 Å². The van der Waals surface area contributed by atoms with E-state index in [4.69, 9.17) is 4.42 Å². The summed E-state index contributed by atoms with van der Waals surface area (Å²) in [4.78, 5) is 0. The molecule has 210 valence electrons. The van der Waals surface area contributed by atoms with Crippen molar-refractivity contribution in [2.75, 3.05) is 0 Å². The molecular weight excluding hydrogens is 544 g/mol. The molecule has 0 amide bonds. The molecular formula is C44H28O. The molecule has 0 aliphatic carbocycles. The van der Waals surface area contributed by atoms with Gasteiger partial charge < -0.3 is 4.42 Å². The fraction of sp³-hybridized carbons (Fsp3) is 0. The third kappa shape index (κ3) is 4.17. The van der Waals surface area contributed by atoms with Crippen molar-refractivity contribution in [1.82, 2.24) is 0 Å². The third-order valence-electron chi connectivity index (χ3n) is 9.08. The minimum atomic E-state index is 0.904. The fourth-order valence-corrected chi connectivity index (χ4v) is 7.03. The smallest absolute Gasteiger partial charge is 0.136 e. The summed E-state index contributed by atoms with van der Waals surface area (Å²) in [6.07, 6.45) is 0. The molecule has 0 spiro atoms. The Hall–Kier alpha value is -5.92. The van der Waals surface area contributed by atoms with Gasteiger partial charge in [-0.25, -0.2) is 0 Å². The molecule has 0 aliphatic heterocycles. The summed E-state index contributed by atoms with van der Waals surface area (Å²) in [5.74, 6) is 0. The first-order valence-electron chi connectivity index (χ1n) is 15.4. The van der Waals surface area contributed by atoms with E-state index < -0.39 is 0 Å². The molecule has 1 nitrogen and oxygen atoms in total. The Balaban J connectivity index is 1.32. The molecule has 8 aromatic carbocycles. The van der Waals surface area contributed by atoms with E-state index in [-0.39, 0.29) is 0 Å². The molecule has 45 heavy (non-hydrogen) atoms. The molecule has 0 bridgehead atoms. The Labute approximate surface area is 261 Å². The molecule has 0 atom stereocenters. The van der Waals surface area contributed by atoms with Crippen LogP contribution in [0.3, 0.4) is 0 Å². The molecule has 1 aromatic heterocycles. The van der Waals surface area contributed by atoms with Crippen LogP contribution in [0.4, 0.5) is 0 Å². The van der Waals surface area contributed by atoms with Gasteiger partial charge in [0, 0.05) is 10.8 Å². The highest BCUT2D eigenvalue weighted by atomic mass is 16.3. The molecule has 0 fully saturated rings. The average molecular weight is 573 g/mol. The van der Waals surface area contributed by atoms with Crippen molar-refractivity contribution in [3.8, 4) is 44.5 Å². The quantitative estimate of drug-likeness (QED) is 0.191. The lowest BCUT2D eigenvalue weighted by Crippen LogP contribution is -1.91. The van der Waals surface area contributed by atoms with Gasteiger partial charge in [0.05, 0.1) is 0 Å². The molecule has 0 unspecified atom stereocenters. The van der Waals surface area contributed by atoms with Crippen molar-refractivity contribution in [2.24, 2.45) is 0 Å². The first-order chi connectivity index (χ1) is 22.3. The highest BCUT2D eigenvalue weighted by Gasteiger charge is 2.20. The monoisotopic (exact) mass is 572 g/mol. The molecule has 1 heterocycles. The van der Waals surface area contributed by atoms with Crippen molar-refractivity contribution >= 4 is 43.5 Å². The van der Waals surface area contributed by atoms with Crippen LogP contribution in [0, 0.1) is 0 Å². The maximum Gasteiger partial charge on any atom is 0.136 e. The number of rotatable bonds is 4. The van der Waals surface area contributed by atoms with Crippen LogP contribution in [0.25, 0.3) is 88.0 Å². The van der Waals surface area contributed by atoms with Gasteiger partial charge in [-0.2, -0.15) is 0 Å². The largest absolute Gasteiger partial charge is 0.456 e. The second kappa shape index (κ2) is 10.4. The van der Waals surface area contributed by atoms with E-state index >= 15 is 0 Å². The Kier molecular flexibility index (Phi) is 5.89. The van der Waals surface area contributed by atoms with Crippen LogP contribution < -0.4 is 0 Å². The molecule has 1 heteroatoms. The second-order valence-electron chi connectivity index (χ2n) is 11.6. The number of furan rings is 1. The summed E-state index contributed by atoms with van der Waals surface area (Å²) in [5, 5.41) is 7.25. The van der Waals surface area contributed by atoms with Gasteiger partial charge in [0.15, 0.2) is 0 Å². The van der Waals surface area contributed by atoms with Crippen molar-refractivity contribution in [3.63, 3.8) is 0 Å². The van der Waals surface area contributed by atoms with Gasteiger partial charge in [-0.05, 0) is 84.3 Å². The third-order valence-corrected chi connectivity index (χ3v) is 9.08. The molecule has 9 aromatic rings. The highest BCUT2D eigenvalue weighted by molar-refractivity contribution is 6.25. The summed E-state index contributed by atoms with van der Waals surface area (Å²) in [6, 6.07) is 60.9. The van der Waals surface area contributed by atoms with Gasteiger partial charge in [0.2, 0.25) is 0 Å². The number of benzene rings is 8. The zero-order valence-electron chi connectivity index (χ0n) is 24.6. The normalized spacial score (nSPS) is 11.6. The molecule has 0 saturated heterocycles. The summed E-state index contributed by atoms with van der Waals surface area (Å²) in [5.41, 5.74) is 11.5. The van der Waals surface area contributed by atoms with Crippen molar-refractivity contribution in [2.45, 2.75) is 0 Å². The van der Waals surface area contributed by atoms with Crippen LogP contribution in [-0.2, 0) is 0 Å². The lowest BCUT2D eigenvalue weighted by atomic mass is 9.84. The van der Waals surface area contributed by atoms with Crippen LogP contribution in [0.1, 0.15) is 0 Å². The van der Waals surface area contributed by atoms with Crippen LogP contribution in [0.2, 0.25) is 0 Å². The fourth-order valence-electron chi connectivity index (χ4n) is 7.03. The summed E-state index contributed by atoms with van der Waals surface area (Å²) in [7, 11) is 0. The molecule has 0 radical (unpaired) electrons. The Morgan fingerprint density at radius 2 is 0.778 bits per heavy atom. The van der Waals surface area contributed by atoms with Crippen molar-refractivity contribution < 1.29 is 4.42 Å². The van der Waals surface area contributed by atoms with Crippen molar-refractivity contribution in [3.05, 3.63) is 170 Å². The van der Waals surface area contributed by atoms with E-state index in [2.05, 4.69) is 170 Å². The van der Waals surface area contributed by atoms with Gasteiger partial charge in [0.25, 0.3) is 0 Å². The van der Waals surface area contributed by atoms with Crippen LogP contribution in [-0.4, -0.2) is 0 Å². The lowest BCUT2D eigenvalue weighted by molar-refractivity contribution is 0.669. The van der Waals surface area contributed by atoms with Gasteiger partial charge in [-0.1, -0.05) is 152 Å². The number of hydrogen-bond acceptors (Lipinski definition) is 1. The predicted molar refractivity (Wildman–Crippen MR) is 190 cm³/mol. The minimum absolute atomic E-state index is 0.904. The van der Waals surface area contributed by atoms with E-state index in [0.29, 0.717) is 0 Å². The minimum Gasteiger partial charge on any atom is -0.456 e. The Morgan fingerprint density at radius 1 is 0.289 bits per heavy atom. The van der Waals surface area contributed by atoms with Gasteiger partial charge >= 0.3 is 0 Å². The van der Waals surface area contributed by atoms with E-state index in [1.54, 1.807) is 0 Å². The van der Waals surface area contributed by atoms with E-state index in [1.807, 2.05) is 0 Å². The predicted octanol–water partition coefficient (Wildman–Crippen LogP) is 12.6. The number of fused-ring (bicyclic) bond motifs is 5. The maximum absolute atomic E-state index is 6.47. The summed E-state index contributed by atoms with van der Waals surface area (Å²) < 4.78 is 6.47. The lowest BCUT2D eigenvalue weighted by Gasteiger charge is -2.18. The zero-order chi connectivity index (χ0) is 29.7. The first kappa shape index (κ1) is 25.6. The van der Waals surface area contributed by atoms with E-state index in [0.717, 1.165) is 21.9 Å². The summed E-state index contributed by atoms with van der Waals surface area (Å²) >= 11 is 0. The van der Waals surface area contributed by atoms with Crippen LogP contribution in [0.5, 0.6) is 0 Å². The summed E-state index contributed by atoms with van der Waals surface area (Å²) in [6.45, 7) is 0. The molecule has 0 N–H and O–H groups in total.